The minimum absolute atomic E-state index is 0.0904. The lowest BCUT2D eigenvalue weighted by molar-refractivity contribution is 0.0905. The maximum atomic E-state index is 12.7. The Hall–Kier alpha value is -1.48. The van der Waals surface area contributed by atoms with Gasteiger partial charge in [-0.25, -0.2) is 13.1 Å². The molecule has 0 radical (unpaired) electrons. The van der Waals surface area contributed by atoms with E-state index in [-0.39, 0.29) is 23.4 Å². The lowest BCUT2D eigenvalue weighted by Gasteiger charge is -2.33. The summed E-state index contributed by atoms with van der Waals surface area (Å²) >= 11 is 0. The first-order valence-electron chi connectivity index (χ1n) is 10.6. The van der Waals surface area contributed by atoms with Crippen LogP contribution in [0.5, 0.6) is 0 Å². The molecule has 0 spiro atoms. The smallest absolute Gasteiger partial charge is 0.251 e. The topological polar surface area (TPSA) is 87.7 Å². The second-order valence-electron chi connectivity index (χ2n) is 8.12. The molecular weight excluding hydrogens is 390 g/mol. The predicted octanol–water partition coefficient (Wildman–Crippen LogP) is 2.00. The van der Waals surface area contributed by atoms with Crippen molar-refractivity contribution in [3.8, 4) is 0 Å². The van der Waals surface area contributed by atoms with Crippen LogP contribution < -0.4 is 10.0 Å². The molecule has 2 fully saturated rings. The van der Waals surface area contributed by atoms with E-state index >= 15 is 0 Å². The number of hydrogen-bond acceptors (Lipinski definition) is 5. The quantitative estimate of drug-likeness (QED) is 0.593. The Morgan fingerprint density at radius 1 is 1.17 bits per heavy atom. The number of piperidine rings is 1. The molecule has 1 saturated carbocycles. The van der Waals surface area contributed by atoms with Crippen LogP contribution in [-0.2, 0) is 14.8 Å². The van der Waals surface area contributed by atoms with Crippen molar-refractivity contribution in [2.45, 2.75) is 49.5 Å². The van der Waals surface area contributed by atoms with E-state index in [9.17, 15) is 13.2 Å². The summed E-state index contributed by atoms with van der Waals surface area (Å²) in [4.78, 5) is 15.3. The SMILES string of the molecule is COCCNS(=O)(=O)c1cccc(C(=O)NC2CCN(CC3CCCC3)CC2)c1. The molecule has 0 bridgehead atoms. The molecule has 8 heteroatoms. The van der Waals surface area contributed by atoms with E-state index in [1.807, 2.05) is 0 Å². The van der Waals surface area contributed by atoms with Crippen molar-refractivity contribution in [3.63, 3.8) is 0 Å². The van der Waals surface area contributed by atoms with Crippen LogP contribution in [0.1, 0.15) is 48.9 Å². The lowest BCUT2D eigenvalue weighted by atomic mass is 10.0. The number of amides is 1. The first kappa shape index (κ1) is 22.2. The van der Waals surface area contributed by atoms with Gasteiger partial charge in [-0.05, 0) is 49.8 Å². The Kier molecular flexibility index (Phi) is 8.06. The molecule has 7 nitrogen and oxygen atoms in total. The van der Waals surface area contributed by atoms with Crippen LogP contribution in [0.25, 0.3) is 0 Å². The summed E-state index contributed by atoms with van der Waals surface area (Å²) in [5, 5.41) is 3.08. The van der Waals surface area contributed by atoms with E-state index < -0.39 is 10.0 Å². The third-order valence-corrected chi connectivity index (χ3v) is 7.38. The van der Waals surface area contributed by atoms with Crippen molar-refractivity contribution >= 4 is 15.9 Å². The Labute approximate surface area is 174 Å². The summed E-state index contributed by atoms with van der Waals surface area (Å²) in [6.45, 7) is 3.70. The third kappa shape index (κ3) is 6.50. The van der Waals surface area contributed by atoms with E-state index in [1.54, 1.807) is 12.1 Å². The fourth-order valence-corrected chi connectivity index (χ4v) is 5.31. The number of nitrogens with zero attached hydrogens (tertiary/aromatic N) is 1. The van der Waals surface area contributed by atoms with Crippen LogP contribution in [-0.4, -0.2) is 65.2 Å². The molecule has 1 saturated heterocycles. The molecule has 1 aliphatic carbocycles. The van der Waals surface area contributed by atoms with E-state index in [0.29, 0.717) is 12.2 Å². The molecule has 1 aromatic rings. The van der Waals surface area contributed by atoms with E-state index in [2.05, 4.69) is 14.9 Å². The minimum Gasteiger partial charge on any atom is -0.383 e. The number of ether oxygens (including phenoxy) is 1. The molecule has 1 aromatic carbocycles. The number of carbonyl (C=O) groups is 1. The number of carbonyl (C=O) groups excluding carboxylic acids is 1. The Balaban J connectivity index is 1.50. The second kappa shape index (κ2) is 10.5. The van der Waals surface area contributed by atoms with Gasteiger partial charge in [0.25, 0.3) is 5.91 Å². The van der Waals surface area contributed by atoms with Crippen LogP contribution in [0, 0.1) is 5.92 Å². The van der Waals surface area contributed by atoms with Gasteiger partial charge in [0.1, 0.15) is 0 Å². The Morgan fingerprint density at radius 3 is 2.59 bits per heavy atom. The molecule has 162 valence electrons. The van der Waals surface area contributed by atoms with Crippen LogP contribution in [0.3, 0.4) is 0 Å². The monoisotopic (exact) mass is 423 g/mol. The molecule has 1 aliphatic heterocycles. The van der Waals surface area contributed by atoms with Crippen LogP contribution >= 0.6 is 0 Å². The zero-order valence-electron chi connectivity index (χ0n) is 17.2. The zero-order chi connectivity index (χ0) is 20.7. The van der Waals surface area contributed by atoms with Crippen molar-refractivity contribution < 1.29 is 17.9 Å². The molecule has 3 rings (SSSR count). The Bertz CT molecular complexity index is 770. The highest BCUT2D eigenvalue weighted by atomic mass is 32.2. The predicted molar refractivity (Wildman–Crippen MR) is 112 cm³/mol. The number of likely N-dealkylation sites (tertiary alicyclic amines) is 1. The van der Waals surface area contributed by atoms with E-state index in [1.165, 1.54) is 51.5 Å². The van der Waals surface area contributed by atoms with Gasteiger partial charge < -0.3 is 15.0 Å². The zero-order valence-corrected chi connectivity index (χ0v) is 18.0. The van der Waals surface area contributed by atoms with Gasteiger partial charge in [0, 0.05) is 44.9 Å². The van der Waals surface area contributed by atoms with Gasteiger partial charge in [-0.2, -0.15) is 0 Å². The maximum Gasteiger partial charge on any atom is 0.251 e. The molecule has 2 N–H and O–H groups in total. The average molecular weight is 424 g/mol. The number of methoxy groups -OCH3 is 1. The van der Waals surface area contributed by atoms with Gasteiger partial charge >= 0.3 is 0 Å². The minimum atomic E-state index is -3.66. The van der Waals surface area contributed by atoms with Gasteiger partial charge in [-0.15, -0.1) is 0 Å². The molecule has 1 heterocycles. The van der Waals surface area contributed by atoms with Gasteiger partial charge in [0.2, 0.25) is 10.0 Å². The largest absolute Gasteiger partial charge is 0.383 e. The summed E-state index contributed by atoms with van der Waals surface area (Å²) in [6, 6.07) is 6.32. The van der Waals surface area contributed by atoms with Crippen molar-refractivity contribution in [1.29, 1.82) is 0 Å². The fraction of sp³-hybridized carbons (Fsp3) is 0.667. The first-order valence-corrected chi connectivity index (χ1v) is 12.1. The third-order valence-electron chi connectivity index (χ3n) is 5.92. The molecule has 0 atom stereocenters. The summed E-state index contributed by atoms with van der Waals surface area (Å²) in [7, 11) is -2.14. The van der Waals surface area contributed by atoms with Crippen molar-refractivity contribution in [3.05, 3.63) is 29.8 Å². The number of nitrogens with one attached hydrogen (secondary N) is 2. The number of rotatable bonds is 9. The summed E-state index contributed by atoms with van der Waals surface area (Å²) in [5.74, 6) is 0.636. The number of sulfonamides is 1. The standard InChI is InChI=1S/C21H33N3O4S/c1-28-14-11-22-29(26,27)20-8-4-7-18(15-20)21(25)23-19-9-12-24(13-10-19)16-17-5-2-3-6-17/h4,7-8,15,17,19,22H,2-3,5-6,9-14,16H2,1H3,(H,23,25). The molecule has 0 aromatic heterocycles. The van der Waals surface area contributed by atoms with Crippen LogP contribution in [0.2, 0.25) is 0 Å². The highest BCUT2D eigenvalue weighted by molar-refractivity contribution is 7.89. The lowest BCUT2D eigenvalue weighted by Crippen LogP contribution is -2.45. The van der Waals surface area contributed by atoms with Gasteiger partial charge in [0.05, 0.1) is 11.5 Å². The number of benzene rings is 1. The summed E-state index contributed by atoms with van der Waals surface area (Å²) < 4.78 is 32.0. The summed E-state index contributed by atoms with van der Waals surface area (Å²) in [6.07, 6.45) is 7.33. The van der Waals surface area contributed by atoms with Crippen molar-refractivity contribution in [2.75, 3.05) is 39.9 Å². The van der Waals surface area contributed by atoms with Crippen molar-refractivity contribution in [1.82, 2.24) is 14.9 Å². The fourth-order valence-electron chi connectivity index (χ4n) is 4.25. The molecular formula is C21H33N3O4S. The molecule has 2 aliphatic rings. The normalized spacial score (nSPS) is 19.5. The van der Waals surface area contributed by atoms with Crippen molar-refractivity contribution in [2.24, 2.45) is 5.92 Å². The maximum absolute atomic E-state index is 12.7. The Morgan fingerprint density at radius 2 is 1.90 bits per heavy atom. The molecule has 1 amide bonds. The van der Waals surface area contributed by atoms with Crippen LogP contribution in [0.15, 0.2) is 29.2 Å². The summed E-state index contributed by atoms with van der Waals surface area (Å²) in [5.41, 5.74) is 0.369. The van der Waals surface area contributed by atoms with E-state index in [0.717, 1.165) is 31.8 Å². The highest BCUT2D eigenvalue weighted by Gasteiger charge is 2.25. The molecule has 29 heavy (non-hydrogen) atoms. The van der Waals surface area contributed by atoms with Gasteiger partial charge in [-0.3, -0.25) is 4.79 Å². The van der Waals surface area contributed by atoms with Gasteiger partial charge in [-0.1, -0.05) is 18.9 Å². The van der Waals surface area contributed by atoms with Crippen LogP contribution in [0.4, 0.5) is 0 Å². The second-order valence-corrected chi connectivity index (χ2v) is 9.88. The molecule has 0 unspecified atom stereocenters. The van der Waals surface area contributed by atoms with Gasteiger partial charge in [0.15, 0.2) is 0 Å². The first-order chi connectivity index (χ1) is 14.0. The highest BCUT2D eigenvalue weighted by Crippen LogP contribution is 2.26. The van der Waals surface area contributed by atoms with E-state index in [4.69, 9.17) is 4.74 Å². The average Bonchev–Trinajstić information content (AvgIpc) is 3.23. The number of hydrogen-bond donors (Lipinski definition) is 2.